The van der Waals surface area contributed by atoms with Crippen molar-refractivity contribution in [3.8, 4) is 0 Å². The van der Waals surface area contributed by atoms with E-state index in [1.165, 1.54) is 23.9 Å². The number of nitrogens with one attached hydrogen (secondary N) is 1. The van der Waals surface area contributed by atoms with Crippen LogP contribution in [0.1, 0.15) is 32.3 Å². The molecule has 1 aliphatic rings. The fourth-order valence-corrected chi connectivity index (χ4v) is 3.14. The highest BCUT2D eigenvalue weighted by Crippen LogP contribution is 2.29. The Bertz CT molecular complexity index is 424. The first-order valence-corrected chi connectivity index (χ1v) is 8.00. The second-order valence-corrected chi connectivity index (χ2v) is 6.40. The van der Waals surface area contributed by atoms with Gasteiger partial charge in [-0.3, -0.25) is 0 Å². The molecule has 5 heteroatoms. The second kappa shape index (κ2) is 7.38. The molecule has 0 amide bonds. The Balaban J connectivity index is 1.98. The molecule has 0 saturated carbocycles. The quantitative estimate of drug-likeness (QED) is 0.809. The minimum atomic E-state index is -0.478. The van der Waals surface area contributed by atoms with Gasteiger partial charge in [0.2, 0.25) is 0 Å². The molecule has 0 aromatic heterocycles. The number of ether oxygens (including phenoxy) is 1. The lowest BCUT2D eigenvalue weighted by Gasteiger charge is -2.12. The lowest BCUT2D eigenvalue weighted by atomic mass is 10.2. The highest BCUT2D eigenvalue weighted by molar-refractivity contribution is 7.99. The summed E-state index contributed by atoms with van der Waals surface area (Å²) < 4.78 is 33.4. The maximum Gasteiger partial charge on any atom is 0.140 e. The van der Waals surface area contributed by atoms with Gasteiger partial charge in [0.05, 0.1) is 11.0 Å². The lowest BCUT2D eigenvalue weighted by Crippen LogP contribution is -2.22. The third-order valence-electron chi connectivity index (χ3n) is 3.21. The summed E-state index contributed by atoms with van der Waals surface area (Å²) >= 11 is 1.21. The van der Waals surface area contributed by atoms with Crippen molar-refractivity contribution in [1.82, 2.24) is 5.32 Å². The van der Waals surface area contributed by atoms with Crippen molar-refractivity contribution in [2.24, 2.45) is 0 Å². The minimum Gasteiger partial charge on any atom is -0.377 e. The molecule has 1 N–H and O–H groups in total. The standard InChI is InChI=1S/C15H21F2NOS/c1-10(2)18-8-11-6-13(16)15(14(17)7-11)20-9-12-4-3-5-19-12/h6-7,10,12,18H,3-5,8-9H2,1-2H3. The number of rotatable bonds is 6. The molecule has 1 heterocycles. The summed E-state index contributed by atoms with van der Waals surface area (Å²) in [5.41, 5.74) is 0.634. The smallest absolute Gasteiger partial charge is 0.140 e. The van der Waals surface area contributed by atoms with Gasteiger partial charge in [-0.25, -0.2) is 8.78 Å². The molecule has 1 fully saturated rings. The Morgan fingerprint density at radius 1 is 1.35 bits per heavy atom. The number of benzene rings is 1. The molecule has 1 aliphatic heterocycles. The maximum absolute atomic E-state index is 14.0. The van der Waals surface area contributed by atoms with Gasteiger partial charge in [-0.05, 0) is 30.5 Å². The maximum atomic E-state index is 14.0. The lowest BCUT2D eigenvalue weighted by molar-refractivity contribution is 0.129. The summed E-state index contributed by atoms with van der Waals surface area (Å²) in [7, 11) is 0. The van der Waals surface area contributed by atoms with Crippen molar-refractivity contribution < 1.29 is 13.5 Å². The van der Waals surface area contributed by atoms with E-state index in [-0.39, 0.29) is 17.0 Å². The van der Waals surface area contributed by atoms with E-state index in [1.807, 2.05) is 13.8 Å². The number of halogens is 2. The van der Waals surface area contributed by atoms with Crippen molar-refractivity contribution in [3.63, 3.8) is 0 Å². The summed E-state index contributed by atoms with van der Waals surface area (Å²) in [6.45, 7) is 5.23. The molecule has 0 radical (unpaired) electrons. The van der Waals surface area contributed by atoms with Crippen molar-refractivity contribution in [2.45, 2.75) is 50.3 Å². The van der Waals surface area contributed by atoms with E-state index in [4.69, 9.17) is 4.74 Å². The summed E-state index contributed by atoms with van der Waals surface area (Å²) in [6.07, 6.45) is 2.14. The molecule has 2 rings (SSSR count). The van der Waals surface area contributed by atoms with Crippen LogP contribution >= 0.6 is 11.8 Å². The molecule has 112 valence electrons. The molecule has 1 atom stereocenters. The topological polar surface area (TPSA) is 21.3 Å². The second-order valence-electron chi connectivity index (χ2n) is 5.37. The van der Waals surface area contributed by atoms with Gasteiger partial charge in [-0.1, -0.05) is 13.8 Å². The minimum absolute atomic E-state index is 0.105. The fraction of sp³-hybridized carbons (Fsp3) is 0.600. The van der Waals surface area contributed by atoms with Gasteiger partial charge in [-0.15, -0.1) is 11.8 Å². The Morgan fingerprint density at radius 3 is 2.60 bits per heavy atom. The van der Waals surface area contributed by atoms with Gasteiger partial charge < -0.3 is 10.1 Å². The van der Waals surface area contributed by atoms with Crippen molar-refractivity contribution in [2.75, 3.05) is 12.4 Å². The zero-order valence-electron chi connectivity index (χ0n) is 11.9. The highest BCUT2D eigenvalue weighted by Gasteiger charge is 2.18. The molecule has 1 unspecified atom stereocenters. The van der Waals surface area contributed by atoms with Gasteiger partial charge in [0.15, 0.2) is 0 Å². The van der Waals surface area contributed by atoms with Crippen LogP contribution in [0.25, 0.3) is 0 Å². The Kier molecular flexibility index (Phi) is 5.81. The fourth-order valence-electron chi connectivity index (χ4n) is 2.13. The highest BCUT2D eigenvalue weighted by atomic mass is 32.2. The molecule has 0 bridgehead atoms. The predicted octanol–water partition coefficient (Wildman–Crippen LogP) is 3.73. The van der Waals surface area contributed by atoms with Crippen LogP contribution in [0.4, 0.5) is 8.78 Å². The monoisotopic (exact) mass is 301 g/mol. The van der Waals surface area contributed by atoms with Crippen LogP contribution in [0.5, 0.6) is 0 Å². The molecule has 1 saturated heterocycles. The average molecular weight is 301 g/mol. The molecule has 1 aromatic rings. The van der Waals surface area contributed by atoms with E-state index in [0.717, 1.165) is 19.4 Å². The normalized spacial score (nSPS) is 18.9. The Labute approximate surface area is 123 Å². The third kappa shape index (κ3) is 4.43. The molecule has 0 aliphatic carbocycles. The van der Waals surface area contributed by atoms with Crippen LogP contribution in [-0.2, 0) is 11.3 Å². The Morgan fingerprint density at radius 2 is 2.05 bits per heavy atom. The molecule has 2 nitrogen and oxygen atoms in total. The van der Waals surface area contributed by atoms with Crippen LogP contribution in [0.3, 0.4) is 0 Å². The van der Waals surface area contributed by atoms with Crippen molar-refractivity contribution in [1.29, 1.82) is 0 Å². The number of thioether (sulfide) groups is 1. The van der Waals surface area contributed by atoms with Crippen molar-refractivity contribution in [3.05, 3.63) is 29.3 Å². The zero-order valence-corrected chi connectivity index (χ0v) is 12.7. The first kappa shape index (κ1) is 15.7. The largest absolute Gasteiger partial charge is 0.377 e. The van der Waals surface area contributed by atoms with E-state index in [1.54, 1.807) is 0 Å². The van der Waals surface area contributed by atoms with Crippen LogP contribution < -0.4 is 5.32 Å². The van der Waals surface area contributed by atoms with Gasteiger partial charge in [0.1, 0.15) is 11.6 Å². The molecule has 0 spiro atoms. The van der Waals surface area contributed by atoms with Gasteiger partial charge >= 0.3 is 0 Å². The third-order valence-corrected chi connectivity index (χ3v) is 4.43. The average Bonchev–Trinajstić information content (AvgIpc) is 2.88. The van der Waals surface area contributed by atoms with Crippen molar-refractivity contribution >= 4 is 11.8 Å². The number of hydrogen-bond donors (Lipinski definition) is 1. The first-order valence-electron chi connectivity index (χ1n) is 7.02. The van der Waals surface area contributed by atoms with E-state index in [9.17, 15) is 8.78 Å². The van der Waals surface area contributed by atoms with Crippen LogP contribution in [0.15, 0.2) is 17.0 Å². The molecule has 20 heavy (non-hydrogen) atoms. The summed E-state index contributed by atoms with van der Waals surface area (Å²) in [5, 5.41) is 3.15. The van der Waals surface area contributed by atoms with E-state index in [2.05, 4.69) is 5.32 Å². The first-order chi connectivity index (χ1) is 9.56. The van der Waals surface area contributed by atoms with Gasteiger partial charge in [0.25, 0.3) is 0 Å². The molecular formula is C15H21F2NOS. The molecular weight excluding hydrogens is 280 g/mol. The van der Waals surface area contributed by atoms with Crippen LogP contribution in [-0.4, -0.2) is 24.5 Å². The predicted molar refractivity (Wildman–Crippen MR) is 78.0 cm³/mol. The summed E-state index contributed by atoms with van der Waals surface area (Å²) in [6, 6.07) is 3.11. The Hall–Kier alpha value is -0.650. The summed E-state index contributed by atoms with van der Waals surface area (Å²) in [5.74, 6) is -0.348. The number of hydrogen-bond acceptors (Lipinski definition) is 3. The van der Waals surface area contributed by atoms with E-state index in [0.29, 0.717) is 17.9 Å². The van der Waals surface area contributed by atoms with E-state index >= 15 is 0 Å². The van der Waals surface area contributed by atoms with Gasteiger partial charge in [-0.2, -0.15) is 0 Å². The van der Waals surface area contributed by atoms with Crippen LogP contribution in [0.2, 0.25) is 0 Å². The zero-order chi connectivity index (χ0) is 14.5. The van der Waals surface area contributed by atoms with Crippen LogP contribution in [0, 0.1) is 11.6 Å². The SMILES string of the molecule is CC(C)NCc1cc(F)c(SCC2CCCO2)c(F)c1. The van der Waals surface area contributed by atoms with E-state index < -0.39 is 11.6 Å². The summed E-state index contributed by atoms with van der Waals surface area (Å²) in [4.78, 5) is 0.105. The van der Waals surface area contributed by atoms with Gasteiger partial charge in [0, 0.05) is 24.9 Å². The molecule has 1 aromatic carbocycles.